The highest BCUT2D eigenvalue weighted by Gasteiger charge is 2.40. The Morgan fingerprint density at radius 1 is 1.25 bits per heavy atom. The molecule has 0 saturated carbocycles. The fourth-order valence-corrected chi connectivity index (χ4v) is 5.27. The lowest BCUT2D eigenvalue weighted by Crippen LogP contribution is -2.51. The molecule has 3 fully saturated rings. The van der Waals surface area contributed by atoms with Gasteiger partial charge < -0.3 is 14.5 Å². The SMILES string of the molecule is O=C(c1ccsc1)N1CCCC2(CCN(CC3CCCO3)CC2)C1. The summed E-state index contributed by atoms with van der Waals surface area (Å²) in [5.41, 5.74) is 1.23. The van der Waals surface area contributed by atoms with E-state index in [4.69, 9.17) is 4.74 Å². The van der Waals surface area contributed by atoms with Crippen LogP contribution in [0.15, 0.2) is 16.8 Å². The molecule has 0 radical (unpaired) electrons. The highest BCUT2D eigenvalue weighted by molar-refractivity contribution is 7.08. The Labute approximate surface area is 148 Å². The van der Waals surface area contributed by atoms with Crippen molar-refractivity contribution in [3.05, 3.63) is 22.4 Å². The van der Waals surface area contributed by atoms with Crippen LogP contribution >= 0.6 is 11.3 Å². The number of rotatable bonds is 3. The van der Waals surface area contributed by atoms with Crippen molar-refractivity contribution in [2.75, 3.05) is 39.3 Å². The lowest BCUT2D eigenvalue weighted by atomic mass is 9.72. The fraction of sp³-hybridized carbons (Fsp3) is 0.737. The molecule has 4 nitrogen and oxygen atoms in total. The Kier molecular flexibility index (Phi) is 4.93. The van der Waals surface area contributed by atoms with E-state index in [2.05, 4.69) is 9.80 Å². The van der Waals surface area contributed by atoms with E-state index in [1.165, 1.54) is 45.2 Å². The average Bonchev–Trinajstić information content (AvgIpc) is 3.30. The fourth-order valence-electron chi connectivity index (χ4n) is 4.64. The predicted molar refractivity (Wildman–Crippen MR) is 96.5 cm³/mol. The summed E-state index contributed by atoms with van der Waals surface area (Å²) in [6.07, 6.45) is 7.81. The van der Waals surface area contributed by atoms with E-state index in [9.17, 15) is 4.79 Å². The predicted octanol–water partition coefficient (Wildman–Crippen LogP) is 3.25. The van der Waals surface area contributed by atoms with Crippen LogP contribution in [0.3, 0.4) is 0 Å². The van der Waals surface area contributed by atoms with E-state index < -0.39 is 0 Å². The van der Waals surface area contributed by atoms with E-state index in [-0.39, 0.29) is 5.91 Å². The molecule has 1 amide bonds. The number of carbonyl (C=O) groups is 1. The van der Waals surface area contributed by atoms with Gasteiger partial charge in [0.25, 0.3) is 5.91 Å². The molecule has 0 N–H and O–H groups in total. The van der Waals surface area contributed by atoms with E-state index in [1.807, 2.05) is 16.8 Å². The lowest BCUT2D eigenvalue weighted by Gasteiger charge is -2.48. The third-order valence-electron chi connectivity index (χ3n) is 6.12. The van der Waals surface area contributed by atoms with Crippen molar-refractivity contribution in [3.63, 3.8) is 0 Å². The highest BCUT2D eigenvalue weighted by atomic mass is 32.1. The average molecular weight is 349 g/mol. The second-order valence-electron chi connectivity index (χ2n) is 7.78. The van der Waals surface area contributed by atoms with Gasteiger partial charge in [-0.25, -0.2) is 0 Å². The Bertz CT molecular complexity index is 546. The van der Waals surface area contributed by atoms with E-state index in [0.717, 1.165) is 38.2 Å². The van der Waals surface area contributed by atoms with E-state index in [1.54, 1.807) is 11.3 Å². The summed E-state index contributed by atoms with van der Waals surface area (Å²) < 4.78 is 5.79. The van der Waals surface area contributed by atoms with E-state index >= 15 is 0 Å². The lowest BCUT2D eigenvalue weighted by molar-refractivity contribution is 0.00598. The van der Waals surface area contributed by atoms with Crippen molar-refractivity contribution in [1.29, 1.82) is 0 Å². The zero-order valence-corrected chi connectivity index (χ0v) is 15.2. The van der Waals surface area contributed by atoms with Gasteiger partial charge in [0.05, 0.1) is 11.7 Å². The van der Waals surface area contributed by atoms with Crippen LogP contribution in [-0.2, 0) is 4.74 Å². The molecule has 0 bridgehead atoms. The van der Waals surface area contributed by atoms with Crippen molar-refractivity contribution in [2.24, 2.45) is 5.41 Å². The molecule has 24 heavy (non-hydrogen) atoms. The molecule has 3 aliphatic rings. The summed E-state index contributed by atoms with van der Waals surface area (Å²) in [4.78, 5) is 17.4. The van der Waals surface area contributed by atoms with Crippen molar-refractivity contribution in [3.8, 4) is 0 Å². The second kappa shape index (κ2) is 7.14. The van der Waals surface area contributed by atoms with Gasteiger partial charge in [0, 0.05) is 31.6 Å². The molecule has 0 aliphatic carbocycles. The molecule has 1 atom stereocenters. The first-order chi connectivity index (χ1) is 11.7. The zero-order valence-electron chi connectivity index (χ0n) is 14.4. The minimum absolute atomic E-state index is 0.233. The van der Waals surface area contributed by atoms with Crippen LogP contribution in [-0.4, -0.2) is 61.1 Å². The maximum atomic E-state index is 12.7. The summed E-state index contributed by atoms with van der Waals surface area (Å²) in [5.74, 6) is 0.233. The first kappa shape index (κ1) is 16.6. The number of nitrogens with zero attached hydrogens (tertiary/aromatic N) is 2. The van der Waals surface area contributed by atoms with Gasteiger partial charge in [-0.15, -0.1) is 0 Å². The normalized spacial score (nSPS) is 27.7. The van der Waals surface area contributed by atoms with Crippen LogP contribution in [0.1, 0.15) is 48.9 Å². The number of hydrogen-bond acceptors (Lipinski definition) is 4. The number of ether oxygens (including phenoxy) is 1. The van der Waals surface area contributed by atoms with E-state index in [0.29, 0.717) is 11.5 Å². The summed E-state index contributed by atoms with van der Waals surface area (Å²) >= 11 is 1.61. The number of likely N-dealkylation sites (tertiary alicyclic amines) is 2. The standard InChI is InChI=1S/C19H28N2O2S/c22-18(16-4-12-24-14-16)21-8-2-5-19(15-21)6-9-20(10-7-19)13-17-3-1-11-23-17/h4,12,14,17H,1-3,5-11,13,15H2. The van der Waals surface area contributed by atoms with Crippen molar-refractivity contribution < 1.29 is 9.53 Å². The number of amides is 1. The molecule has 1 aromatic heterocycles. The van der Waals surface area contributed by atoms with Crippen molar-refractivity contribution in [1.82, 2.24) is 9.80 Å². The van der Waals surface area contributed by atoms with Crippen LogP contribution in [0.25, 0.3) is 0 Å². The monoisotopic (exact) mass is 348 g/mol. The Morgan fingerprint density at radius 3 is 2.83 bits per heavy atom. The van der Waals surface area contributed by atoms with Gasteiger partial charge in [0.2, 0.25) is 0 Å². The molecular formula is C19H28N2O2S. The largest absolute Gasteiger partial charge is 0.377 e. The first-order valence-electron chi connectivity index (χ1n) is 9.40. The number of thiophene rings is 1. The summed E-state index contributed by atoms with van der Waals surface area (Å²) in [5, 5.41) is 3.98. The third kappa shape index (κ3) is 3.53. The maximum absolute atomic E-state index is 12.7. The Morgan fingerprint density at radius 2 is 2.12 bits per heavy atom. The van der Waals surface area contributed by atoms with Gasteiger partial charge in [-0.1, -0.05) is 0 Å². The Balaban J connectivity index is 1.33. The van der Waals surface area contributed by atoms with Gasteiger partial charge in [0.15, 0.2) is 0 Å². The topological polar surface area (TPSA) is 32.8 Å². The molecule has 1 aromatic rings. The zero-order chi connectivity index (χ0) is 16.4. The molecule has 4 heterocycles. The third-order valence-corrected chi connectivity index (χ3v) is 6.80. The summed E-state index contributed by atoms with van der Waals surface area (Å²) in [6.45, 7) is 6.27. The van der Waals surface area contributed by atoms with Gasteiger partial charge in [-0.05, 0) is 68.5 Å². The second-order valence-corrected chi connectivity index (χ2v) is 8.56. The number of piperidine rings is 2. The van der Waals surface area contributed by atoms with Crippen molar-refractivity contribution >= 4 is 17.2 Å². The molecule has 1 unspecified atom stereocenters. The summed E-state index contributed by atoms with van der Waals surface area (Å²) in [7, 11) is 0. The molecule has 3 saturated heterocycles. The van der Waals surface area contributed by atoms with Crippen LogP contribution in [0, 0.1) is 5.41 Å². The van der Waals surface area contributed by atoms with Gasteiger partial charge >= 0.3 is 0 Å². The minimum Gasteiger partial charge on any atom is -0.377 e. The molecule has 1 spiro atoms. The molecule has 5 heteroatoms. The molecule has 0 aromatic carbocycles. The summed E-state index contributed by atoms with van der Waals surface area (Å²) in [6, 6.07) is 1.96. The molecular weight excluding hydrogens is 320 g/mol. The first-order valence-corrected chi connectivity index (χ1v) is 10.3. The smallest absolute Gasteiger partial charge is 0.254 e. The van der Waals surface area contributed by atoms with Crippen LogP contribution in [0.5, 0.6) is 0 Å². The van der Waals surface area contributed by atoms with Crippen LogP contribution in [0.2, 0.25) is 0 Å². The van der Waals surface area contributed by atoms with Gasteiger partial charge in [0.1, 0.15) is 0 Å². The van der Waals surface area contributed by atoms with Crippen molar-refractivity contribution in [2.45, 2.75) is 44.6 Å². The molecule has 4 rings (SSSR count). The molecule has 3 aliphatic heterocycles. The Hall–Kier alpha value is -0.910. The minimum atomic E-state index is 0.233. The highest BCUT2D eigenvalue weighted by Crippen LogP contribution is 2.40. The van der Waals surface area contributed by atoms with Crippen LogP contribution < -0.4 is 0 Å². The molecule has 132 valence electrons. The van der Waals surface area contributed by atoms with Gasteiger partial charge in [-0.2, -0.15) is 11.3 Å². The quantitative estimate of drug-likeness (QED) is 0.841. The number of carbonyl (C=O) groups excluding carboxylic acids is 1. The number of hydrogen-bond donors (Lipinski definition) is 0. The maximum Gasteiger partial charge on any atom is 0.254 e. The van der Waals surface area contributed by atoms with Crippen LogP contribution in [0.4, 0.5) is 0 Å². The van der Waals surface area contributed by atoms with Gasteiger partial charge in [-0.3, -0.25) is 4.79 Å².